The van der Waals surface area contributed by atoms with Crippen LogP contribution in [-0.4, -0.2) is 56.9 Å². The van der Waals surface area contributed by atoms with Crippen molar-refractivity contribution < 1.29 is 9.59 Å². The summed E-state index contributed by atoms with van der Waals surface area (Å²) in [5.41, 5.74) is 1.19. The number of rotatable bonds is 7. The third-order valence-corrected chi connectivity index (χ3v) is 5.83. The molecule has 0 heterocycles. The molecule has 1 fully saturated rings. The van der Waals surface area contributed by atoms with Crippen molar-refractivity contribution in [2.75, 3.05) is 39.5 Å². The van der Waals surface area contributed by atoms with Gasteiger partial charge in [-0.25, -0.2) is 0 Å². The van der Waals surface area contributed by atoms with Gasteiger partial charge in [-0.15, -0.1) is 24.0 Å². The summed E-state index contributed by atoms with van der Waals surface area (Å²) in [5.74, 6) is 0.650. The first-order chi connectivity index (χ1) is 13.8. The van der Waals surface area contributed by atoms with Crippen LogP contribution in [0.1, 0.15) is 37.7 Å². The average Bonchev–Trinajstić information content (AvgIpc) is 3.17. The SMILES string of the molecule is CN=C(NCCC(=O)Nc1cccc(Cl)c1C)NCC1(C(=O)N(C)C)CCCC1.I. The number of hydrogen-bond acceptors (Lipinski definition) is 3. The van der Waals surface area contributed by atoms with Crippen LogP contribution < -0.4 is 16.0 Å². The van der Waals surface area contributed by atoms with E-state index in [1.165, 1.54) is 0 Å². The van der Waals surface area contributed by atoms with Crippen molar-refractivity contribution in [1.29, 1.82) is 0 Å². The summed E-state index contributed by atoms with van der Waals surface area (Å²) in [5, 5.41) is 9.92. The second-order valence-corrected chi connectivity index (χ2v) is 8.16. The van der Waals surface area contributed by atoms with Crippen LogP contribution >= 0.6 is 35.6 Å². The highest BCUT2D eigenvalue weighted by Gasteiger charge is 2.42. The van der Waals surface area contributed by atoms with Crippen LogP contribution in [-0.2, 0) is 9.59 Å². The number of carbonyl (C=O) groups is 2. The molecule has 0 unspecified atom stereocenters. The fraction of sp³-hybridized carbons (Fsp3) is 0.571. The van der Waals surface area contributed by atoms with Gasteiger partial charge in [-0.05, 0) is 37.5 Å². The Morgan fingerprint density at radius 1 is 1.20 bits per heavy atom. The number of hydrogen-bond donors (Lipinski definition) is 3. The van der Waals surface area contributed by atoms with E-state index in [4.69, 9.17) is 11.6 Å². The van der Waals surface area contributed by atoms with Gasteiger partial charge in [0.25, 0.3) is 0 Å². The molecule has 0 atom stereocenters. The molecule has 0 aliphatic heterocycles. The van der Waals surface area contributed by atoms with Crippen molar-refractivity contribution in [3.8, 4) is 0 Å². The lowest BCUT2D eigenvalue weighted by molar-refractivity contribution is -0.138. The van der Waals surface area contributed by atoms with Gasteiger partial charge in [0.2, 0.25) is 11.8 Å². The van der Waals surface area contributed by atoms with Crippen molar-refractivity contribution in [2.24, 2.45) is 10.4 Å². The number of benzene rings is 1. The Labute approximate surface area is 201 Å². The zero-order valence-corrected chi connectivity index (χ0v) is 21.3. The van der Waals surface area contributed by atoms with E-state index in [-0.39, 0.29) is 47.6 Å². The average molecular weight is 550 g/mol. The number of aliphatic imine (C=N–C) groups is 1. The predicted molar refractivity (Wildman–Crippen MR) is 134 cm³/mol. The number of guanidine groups is 1. The molecule has 30 heavy (non-hydrogen) atoms. The number of halogens is 2. The van der Waals surface area contributed by atoms with Gasteiger partial charge in [-0.1, -0.05) is 30.5 Å². The van der Waals surface area contributed by atoms with E-state index in [1.54, 1.807) is 32.1 Å². The summed E-state index contributed by atoms with van der Waals surface area (Å²) in [6.07, 6.45) is 4.19. The van der Waals surface area contributed by atoms with E-state index in [1.807, 2.05) is 19.1 Å². The highest BCUT2D eigenvalue weighted by atomic mass is 127. The monoisotopic (exact) mass is 549 g/mol. The molecule has 7 nitrogen and oxygen atoms in total. The molecule has 0 saturated heterocycles. The normalized spacial score (nSPS) is 15.2. The molecule has 0 radical (unpaired) electrons. The Kier molecular flexibility index (Phi) is 10.9. The van der Waals surface area contributed by atoms with E-state index in [9.17, 15) is 9.59 Å². The quantitative estimate of drug-likeness (QED) is 0.276. The summed E-state index contributed by atoms with van der Waals surface area (Å²) in [6.45, 7) is 2.84. The number of nitrogens with one attached hydrogen (secondary N) is 3. The molecule has 3 N–H and O–H groups in total. The number of amides is 2. The lowest BCUT2D eigenvalue weighted by atomic mass is 9.84. The molecule has 2 rings (SSSR count). The molecule has 1 aromatic rings. The molecular weight excluding hydrogens is 517 g/mol. The minimum absolute atomic E-state index is 0. The van der Waals surface area contributed by atoms with Gasteiger partial charge in [0.15, 0.2) is 5.96 Å². The maximum atomic E-state index is 12.7. The second kappa shape index (κ2) is 12.3. The topological polar surface area (TPSA) is 85.8 Å². The summed E-state index contributed by atoms with van der Waals surface area (Å²) in [7, 11) is 5.28. The first-order valence-electron chi connectivity index (χ1n) is 10.0. The number of anilines is 1. The Balaban J connectivity index is 0.00000450. The fourth-order valence-electron chi connectivity index (χ4n) is 3.72. The molecule has 1 aliphatic rings. The van der Waals surface area contributed by atoms with Crippen molar-refractivity contribution in [2.45, 2.75) is 39.0 Å². The van der Waals surface area contributed by atoms with Crippen LogP contribution in [0.2, 0.25) is 5.02 Å². The van der Waals surface area contributed by atoms with E-state index < -0.39 is 0 Å². The van der Waals surface area contributed by atoms with Crippen molar-refractivity contribution in [1.82, 2.24) is 15.5 Å². The molecule has 9 heteroatoms. The van der Waals surface area contributed by atoms with E-state index >= 15 is 0 Å². The Hall–Kier alpha value is -1.55. The summed E-state index contributed by atoms with van der Waals surface area (Å²) in [6, 6.07) is 5.43. The Morgan fingerprint density at radius 3 is 2.47 bits per heavy atom. The van der Waals surface area contributed by atoms with Crippen molar-refractivity contribution in [3.05, 3.63) is 28.8 Å². The molecular formula is C21H33ClIN5O2. The molecule has 168 valence electrons. The van der Waals surface area contributed by atoms with Gasteiger partial charge in [-0.2, -0.15) is 0 Å². The van der Waals surface area contributed by atoms with Gasteiger partial charge in [0.1, 0.15) is 0 Å². The van der Waals surface area contributed by atoms with E-state index in [0.717, 1.165) is 36.9 Å². The van der Waals surface area contributed by atoms with Crippen molar-refractivity contribution in [3.63, 3.8) is 0 Å². The number of nitrogens with zero attached hydrogens (tertiary/aromatic N) is 2. The van der Waals surface area contributed by atoms with Crippen LogP contribution in [0.25, 0.3) is 0 Å². The van der Waals surface area contributed by atoms with Gasteiger partial charge in [0, 0.05) is 51.4 Å². The molecule has 0 bridgehead atoms. The Morgan fingerprint density at radius 2 is 1.87 bits per heavy atom. The minimum Gasteiger partial charge on any atom is -0.356 e. The van der Waals surface area contributed by atoms with Gasteiger partial charge in [-0.3, -0.25) is 14.6 Å². The van der Waals surface area contributed by atoms with Crippen molar-refractivity contribution >= 4 is 59.0 Å². The summed E-state index contributed by atoms with van der Waals surface area (Å²) < 4.78 is 0. The number of carbonyl (C=O) groups excluding carboxylic acids is 2. The lowest BCUT2D eigenvalue weighted by Crippen LogP contribution is -2.49. The molecule has 0 spiro atoms. The molecule has 1 aliphatic carbocycles. The van der Waals surface area contributed by atoms with Crippen LogP contribution in [0.3, 0.4) is 0 Å². The predicted octanol–water partition coefficient (Wildman–Crippen LogP) is 3.41. The lowest BCUT2D eigenvalue weighted by Gasteiger charge is -2.31. The fourth-order valence-corrected chi connectivity index (χ4v) is 3.89. The highest BCUT2D eigenvalue weighted by Crippen LogP contribution is 2.38. The molecule has 2 amide bonds. The van der Waals surface area contributed by atoms with Crippen LogP contribution in [0.4, 0.5) is 5.69 Å². The first-order valence-corrected chi connectivity index (χ1v) is 10.4. The van der Waals surface area contributed by atoms with Crippen LogP contribution in [0.15, 0.2) is 23.2 Å². The second-order valence-electron chi connectivity index (χ2n) is 7.75. The van der Waals surface area contributed by atoms with Crippen LogP contribution in [0, 0.1) is 12.3 Å². The smallest absolute Gasteiger partial charge is 0.230 e. The maximum absolute atomic E-state index is 12.7. The van der Waals surface area contributed by atoms with Gasteiger partial charge < -0.3 is 20.9 Å². The minimum atomic E-state index is -0.372. The van der Waals surface area contributed by atoms with Crippen LogP contribution in [0.5, 0.6) is 0 Å². The van der Waals surface area contributed by atoms with Gasteiger partial charge >= 0.3 is 0 Å². The third-order valence-electron chi connectivity index (χ3n) is 5.42. The summed E-state index contributed by atoms with van der Waals surface area (Å²) >= 11 is 6.09. The first kappa shape index (κ1) is 26.5. The zero-order chi connectivity index (χ0) is 21.4. The van der Waals surface area contributed by atoms with Gasteiger partial charge in [0.05, 0.1) is 5.41 Å². The Bertz CT molecular complexity index is 764. The van der Waals surface area contributed by atoms with E-state index in [0.29, 0.717) is 24.1 Å². The molecule has 1 saturated carbocycles. The maximum Gasteiger partial charge on any atom is 0.230 e. The third kappa shape index (κ3) is 7.01. The zero-order valence-electron chi connectivity index (χ0n) is 18.2. The molecule has 1 aromatic carbocycles. The summed E-state index contributed by atoms with van der Waals surface area (Å²) in [4.78, 5) is 30.8. The largest absolute Gasteiger partial charge is 0.356 e. The van der Waals surface area contributed by atoms with E-state index in [2.05, 4.69) is 20.9 Å². The standard InChI is InChI=1S/C21H32ClN5O2.HI/c1-15-16(22)8-7-9-17(15)26-18(28)10-13-24-20(23-2)25-14-21(11-5-6-12-21)19(29)27(3)4;/h7-9H,5-6,10-14H2,1-4H3,(H,26,28)(H2,23,24,25);1H. The highest BCUT2D eigenvalue weighted by molar-refractivity contribution is 14.0. The molecule has 0 aromatic heterocycles.